The summed E-state index contributed by atoms with van der Waals surface area (Å²) in [5.74, 6) is 1.91. The lowest BCUT2D eigenvalue weighted by Crippen LogP contribution is -2.30. The lowest BCUT2D eigenvalue weighted by molar-refractivity contribution is -0.143. The number of thioether (sulfide) groups is 1. The summed E-state index contributed by atoms with van der Waals surface area (Å²) >= 11 is 1.62. The number of esters is 1. The zero-order chi connectivity index (χ0) is 24.8. The highest BCUT2D eigenvalue weighted by Crippen LogP contribution is 2.38. The Morgan fingerprint density at radius 1 is 1.17 bits per heavy atom. The fourth-order valence-electron chi connectivity index (χ4n) is 3.87. The molecule has 0 aliphatic carbocycles. The summed E-state index contributed by atoms with van der Waals surface area (Å²) in [4.78, 5) is 17.9. The van der Waals surface area contributed by atoms with Crippen LogP contribution < -0.4 is 10.1 Å². The van der Waals surface area contributed by atoms with E-state index in [4.69, 9.17) is 14.6 Å². The van der Waals surface area contributed by atoms with E-state index in [1.54, 1.807) is 16.4 Å². The first-order valence-corrected chi connectivity index (χ1v) is 13.0. The van der Waals surface area contributed by atoms with Crippen molar-refractivity contribution in [2.24, 2.45) is 0 Å². The third kappa shape index (κ3) is 6.06. The van der Waals surface area contributed by atoms with Gasteiger partial charge in [0.15, 0.2) is 0 Å². The van der Waals surface area contributed by atoms with Crippen molar-refractivity contribution in [1.82, 2.24) is 14.8 Å². The Bertz CT molecular complexity index is 1190. The van der Waals surface area contributed by atoms with Crippen LogP contribution in [0, 0.1) is 0 Å². The van der Waals surface area contributed by atoms with Crippen molar-refractivity contribution in [2.45, 2.75) is 64.4 Å². The van der Waals surface area contributed by atoms with Gasteiger partial charge in [0.1, 0.15) is 18.4 Å². The zero-order valence-corrected chi connectivity index (χ0v) is 21.5. The number of benzene rings is 2. The molecule has 0 spiro atoms. The van der Waals surface area contributed by atoms with Gasteiger partial charge < -0.3 is 14.8 Å². The third-order valence-corrected chi connectivity index (χ3v) is 6.47. The van der Waals surface area contributed by atoms with Gasteiger partial charge in [-0.3, -0.25) is 0 Å². The molecule has 184 valence electrons. The summed E-state index contributed by atoms with van der Waals surface area (Å²) in [7, 11) is 0. The summed E-state index contributed by atoms with van der Waals surface area (Å²) in [5, 5.41) is 8.72. The zero-order valence-electron chi connectivity index (χ0n) is 20.7. The molecular formula is C27H32N4O3S. The van der Waals surface area contributed by atoms with Gasteiger partial charge in [0.05, 0.1) is 11.7 Å². The Morgan fingerprint density at radius 3 is 2.71 bits per heavy atom. The SMILES string of the molecule is CCCCSc1nc2n(n1)C(c1cccc(OCc3ccccc3)c1)C(C(=O)OC(C)C)=C(C)N2. The van der Waals surface area contributed by atoms with Gasteiger partial charge in [0, 0.05) is 11.4 Å². The van der Waals surface area contributed by atoms with Gasteiger partial charge in [-0.05, 0) is 50.5 Å². The number of carbonyl (C=O) groups excluding carboxylic acids is 1. The number of nitrogens with zero attached hydrogens (tertiary/aromatic N) is 3. The minimum atomic E-state index is -0.481. The fraction of sp³-hybridized carbons (Fsp3) is 0.370. The van der Waals surface area contributed by atoms with Crippen LogP contribution in [0.4, 0.5) is 5.95 Å². The molecule has 0 radical (unpaired) electrons. The van der Waals surface area contributed by atoms with Crippen LogP contribution in [0.15, 0.2) is 71.0 Å². The monoisotopic (exact) mass is 492 g/mol. The molecule has 0 saturated carbocycles. The number of hydrogen-bond acceptors (Lipinski definition) is 7. The minimum Gasteiger partial charge on any atom is -0.489 e. The van der Waals surface area contributed by atoms with Gasteiger partial charge in [-0.15, -0.1) is 5.10 Å². The maximum Gasteiger partial charge on any atom is 0.338 e. The van der Waals surface area contributed by atoms with E-state index < -0.39 is 6.04 Å². The predicted molar refractivity (Wildman–Crippen MR) is 139 cm³/mol. The number of aromatic nitrogens is 3. The maximum absolute atomic E-state index is 13.2. The average molecular weight is 493 g/mol. The topological polar surface area (TPSA) is 78.3 Å². The van der Waals surface area contributed by atoms with E-state index in [0.717, 1.165) is 35.5 Å². The number of allylic oxidation sites excluding steroid dienone is 1. The van der Waals surface area contributed by atoms with E-state index in [1.165, 1.54) is 0 Å². The van der Waals surface area contributed by atoms with Crippen molar-refractivity contribution in [2.75, 3.05) is 11.1 Å². The molecule has 0 saturated heterocycles. The fourth-order valence-corrected chi connectivity index (χ4v) is 4.78. The van der Waals surface area contributed by atoms with Crippen LogP contribution in [0.25, 0.3) is 0 Å². The molecule has 8 heteroatoms. The van der Waals surface area contributed by atoms with Gasteiger partial charge in [-0.25, -0.2) is 9.48 Å². The van der Waals surface area contributed by atoms with Gasteiger partial charge in [-0.1, -0.05) is 67.6 Å². The first-order chi connectivity index (χ1) is 17.0. The quantitative estimate of drug-likeness (QED) is 0.212. The molecule has 3 aromatic rings. The minimum absolute atomic E-state index is 0.235. The van der Waals surface area contributed by atoms with E-state index in [2.05, 4.69) is 17.2 Å². The van der Waals surface area contributed by atoms with Gasteiger partial charge in [-0.2, -0.15) is 4.98 Å². The van der Waals surface area contributed by atoms with Gasteiger partial charge >= 0.3 is 5.97 Å². The Hall–Kier alpha value is -3.26. The van der Waals surface area contributed by atoms with E-state index >= 15 is 0 Å². The van der Waals surface area contributed by atoms with Crippen LogP contribution in [0.1, 0.15) is 57.7 Å². The van der Waals surface area contributed by atoms with E-state index in [1.807, 2.05) is 75.4 Å². The molecule has 0 fully saturated rings. The molecule has 2 heterocycles. The van der Waals surface area contributed by atoms with Crippen molar-refractivity contribution >= 4 is 23.7 Å². The second kappa shape index (κ2) is 11.4. The first kappa shape index (κ1) is 24.9. The second-order valence-corrected chi connectivity index (χ2v) is 9.79. The third-order valence-electron chi connectivity index (χ3n) is 5.55. The molecule has 0 amide bonds. The molecule has 4 rings (SSSR count). The molecule has 1 aromatic heterocycles. The molecular weight excluding hydrogens is 460 g/mol. The van der Waals surface area contributed by atoms with Crippen molar-refractivity contribution in [3.63, 3.8) is 0 Å². The second-order valence-electron chi connectivity index (χ2n) is 8.73. The molecule has 7 nitrogen and oxygen atoms in total. The van der Waals surface area contributed by atoms with Crippen LogP contribution in [0.3, 0.4) is 0 Å². The molecule has 1 aliphatic rings. The number of ether oxygens (including phenoxy) is 2. The Kier molecular flexibility index (Phi) is 8.13. The van der Waals surface area contributed by atoms with Gasteiger partial charge in [0.25, 0.3) is 0 Å². The molecule has 1 N–H and O–H groups in total. The Morgan fingerprint density at radius 2 is 1.97 bits per heavy atom. The smallest absolute Gasteiger partial charge is 0.338 e. The maximum atomic E-state index is 13.2. The number of carbonyl (C=O) groups is 1. The lowest BCUT2D eigenvalue weighted by atomic mass is 9.95. The molecule has 0 bridgehead atoms. The summed E-state index contributed by atoms with van der Waals surface area (Å²) in [6, 6.07) is 17.4. The largest absolute Gasteiger partial charge is 0.489 e. The van der Waals surface area contributed by atoms with Crippen molar-refractivity contribution in [3.05, 3.63) is 77.0 Å². The summed E-state index contributed by atoms with van der Waals surface area (Å²) in [6.45, 7) is 8.19. The molecule has 1 atom stereocenters. The van der Waals surface area contributed by atoms with Crippen LogP contribution >= 0.6 is 11.8 Å². The Labute approximate surface area is 210 Å². The molecule has 35 heavy (non-hydrogen) atoms. The average Bonchev–Trinajstić information content (AvgIpc) is 3.24. The van der Waals surface area contributed by atoms with E-state index in [9.17, 15) is 4.79 Å². The van der Waals surface area contributed by atoms with Gasteiger partial charge in [0.2, 0.25) is 11.1 Å². The summed E-state index contributed by atoms with van der Waals surface area (Å²) in [5.41, 5.74) is 3.19. The van der Waals surface area contributed by atoms with Crippen molar-refractivity contribution < 1.29 is 14.3 Å². The van der Waals surface area contributed by atoms with E-state index in [0.29, 0.717) is 29.0 Å². The number of nitrogens with one attached hydrogen (secondary N) is 1. The van der Waals surface area contributed by atoms with Crippen LogP contribution in [0.5, 0.6) is 5.75 Å². The van der Waals surface area contributed by atoms with Crippen LogP contribution in [0.2, 0.25) is 0 Å². The highest BCUT2D eigenvalue weighted by atomic mass is 32.2. The number of rotatable bonds is 10. The normalized spacial score (nSPS) is 15.1. The van der Waals surface area contributed by atoms with Crippen LogP contribution in [-0.2, 0) is 16.1 Å². The predicted octanol–water partition coefficient (Wildman–Crippen LogP) is 5.99. The lowest BCUT2D eigenvalue weighted by Gasteiger charge is -2.28. The highest BCUT2D eigenvalue weighted by molar-refractivity contribution is 7.99. The molecule has 1 unspecified atom stereocenters. The number of unbranched alkanes of at least 4 members (excludes halogenated alkanes) is 1. The first-order valence-electron chi connectivity index (χ1n) is 12.0. The summed E-state index contributed by atoms with van der Waals surface area (Å²) < 4.78 is 13.5. The van der Waals surface area contributed by atoms with E-state index in [-0.39, 0.29) is 12.1 Å². The molecule has 2 aromatic carbocycles. The van der Waals surface area contributed by atoms with Crippen molar-refractivity contribution in [1.29, 1.82) is 0 Å². The van der Waals surface area contributed by atoms with Crippen molar-refractivity contribution in [3.8, 4) is 5.75 Å². The molecule has 1 aliphatic heterocycles. The number of fused-ring (bicyclic) bond motifs is 1. The Balaban J connectivity index is 1.68. The number of anilines is 1. The highest BCUT2D eigenvalue weighted by Gasteiger charge is 2.35. The summed E-state index contributed by atoms with van der Waals surface area (Å²) in [6.07, 6.45) is 1.97. The standard InChI is InChI=1S/C27H32N4O3S/c1-5-6-15-35-27-29-26-28-19(4)23(25(32)34-18(2)3)24(31(26)30-27)21-13-10-14-22(16-21)33-17-20-11-8-7-9-12-20/h7-14,16,18,24H,5-6,15,17H2,1-4H3,(H,28,29,30). The number of hydrogen-bond donors (Lipinski definition) is 1. The van der Waals surface area contributed by atoms with Crippen LogP contribution in [-0.4, -0.2) is 32.6 Å².